The molecule has 2 aromatic rings. The van der Waals surface area contributed by atoms with Crippen LogP contribution in [0.25, 0.3) is 0 Å². The first-order valence-corrected chi connectivity index (χ1v) is 9.73. The molecule has 2 N–H and O–H groups in total. The van der Waals surface area contributed by atoms with Gasteiger partial charge in [0.05, 0.1) is 6.67 Å². The summed E-state index contributed by atoms with van der Waals surface area (Å²) in [6, 6.07) is 12.7. The SMILES string of the molecule is O=C(Nc1cc(Cl)nc(Cl)c1)N1CCC2(CC1)C(=O)NCN2c1ccccc1. The molecule has 4 rings (SSSR count). The van der Waals surface area contributed by atoms with Crippen LogP contribution in [0.2, 0.25) is 10.3 Å². The Hall–Kier alpha value is -2.51. The molecule has 146 valence electrons. The van der Waals surface area contributed by atoms with Crippen LogP contribution in [-0.4, -0.2) is 47.1 Å². The first kappa shape index (κ1) is 18.8. The van der Waals surface area contributed by atoms with Gasteiger partial charge >= 0.3 is 6.03 Å². The minimum atomic E-state index is -0.624. The number of benzene rings is 1. The van der Waals surface area contributed by atoms with Gasteiger partial charge in [-0.15, -0.1) is 0 Å². The topological polar surface area (TPSA) is 77.6 Å². The van der Waals surface area contributed by atoms with Crippen LogP contribution in [0.1, 0.15) is 12.8 Å². The van der Waals surface area contributed by atoms with Crippen molar-refractivity contribution in [1.82, 2.24) is 15.2 Å². The summed E-state index contributed by atoms with van der Waals surface area (Å²) < 4.78 is 0. The van der Waals surface area contributed by atoms with Gasteiger partial charge in [-0.2, -0.15) is 0 Å². The van der Waals surface area contributed by atoms with E-state index in [1.807, 2.05) is 30.3 Å². The molecule has 2 saturated heterocycles. The van der Waals surface area contributed by atoms with Gasteiger partial charge in [-0.1, -0.05) is 41.4 Å². The summed E-state index contributed by atoms with van der Waals surface area (Å²) in [6.07, 6.45) is 1.11. The summed E-state index contributed by atoms with van der Waals surface area (Å²) in [5.41, 5.74) is 0.862. The molecule has 1 aromatic carbocycles. The Balaban J connectivity index is 1.46. The van der Waals surface area contributed by atoms with Crippen LogP contribution in [-0.2, 0) is 4.79 Å². The number of para-hydroxylation sites is 1. The highest BCUT2D eigenvalue weighted by molar-refractivity contribution is 6.33. The highest BCUT2D eigenvalue weighted by Gasteiger charge is 2.50. The number of rotatable bonds is 2. The number of anilines is 2. The zero-order valence-corrected chi connectivity index (χ0v) is 16.5. The van der Waals surface area contributed by atoms with Gasteiger partial charge in [0, 0.05) is 24.5 Å². The van der Waals surface area contributed by atoms with E-state index in [0.29, 0.717) is 38.3 Å². The lowest BCUT2D eigenvalue weighted by molar-refractivity contribution is -0.124. The second-order valence-corrected chi connectivity index (χ2v) is 7.65. The van der Waals surface area contributed by atoms with Gasteiger partial charge in [0.15, 0.2) is 0 Å². The van der Waals surface area contributed by atoms with Gasteiger partial charge in [0.2, 0.25) is 5.91 Å². The van der Waals surface area contributed by atoms with Gasteiger partial charge < -0.3 is 20.4 Å². The third kappa shape index (κ3) is 3.47. The number of pyridine rings is 1. The van der Waals surface area contributed by atoms with E-state index in [-0.39, 0.29) is 22.2 Å². The van der Waals surface area contributed by atoms with Crippen molar-refractivity contribution in [3.8, 4) is 0 Å². The minimum Gasteiger partial charge on any atom is -0.339 e. The lowest BCUT2D eigenvalue weighted by atomic mass is 9.85. The van der Waals surface area contributed by atoms with Crippen molar-refractivity contribution in [1.29, 1.82) is 0 Å². The number of nitrogens with one attached hydrogen (secondary N) is 2. The van der Waals surface area contributed by atoms with E-state index < -0.39 is 5.54 Å². The maximum atomic E-state index is 12.7. The maximum Gasteiger partial charge on any atom is 0.321 e. The molecule has 2 aliphatic heterocycles. The molecule has 0 saturated carbocycles. The molecular weight excluding hydrogens is 401 g/mol. The van der Waals surface area contributed by atoms with Gasteiger partial charge in [-0.3, -0.25) is 4.79 Å². The highest BCUT2D eigenvalue weighted by atomic mass is 35.5. The van der Waals surface area contributed by atoms with Gasteiger partial charge in [0.25, 0.3) is 0 Å². The Bertz CT molecular complexity index is 880. The summed E-state index contributed by atoms with van der Waals surface area (Å²) >= 11 is 11.8. The number of piperidine rings is 1. The number of amides is 3. The van der Waals surface area contributed by atoms with Crippen molar-refractivity contribution in [3.05, 3.63) is 52.8 Å². The quantitative estimate of drug-likeness (QED) is 0.731. The van der Waals surface area contributed by atoms with Crippen molar-refractivity contribution in [3.63, 3.8) is 0 Å². The Labute approximate surface area is 172 Å². The van der Waals surface area contributed by atoms with E-state index in [4.69, 9.17) is 23.2 Å². The first-order chi connectivity index (χ1) is 13.5. The van der Waals surface area contributed by atoms with Crippen LogP contribution in [0, 0.1) is 0 Å². The number of hydrogen-bond donors (Lipinski definition) is 2. The Morgan fingerprint density at radius 1 is 1.11 bits per heavy atom. The number of halogens is 2. The van der Waals surface area contributed by atoms with Gasteiger partial charge in [0.1, 0.15) is 15.8 Å². The molecule has 1 aromatic heterocycles. The zero-order chi connectivity index (χ0) is 19.7. The van der Waals surface area contributed by atoms with Crippen LogP contribution >= 0.6 is 23.2 Å². The van der Waals surface area contributed by atoms with E-state index in [1.165, 1.54) is 0 Å². The van der Waals surface area contributed by atoms with E-state index in [9.17, 15) is 9.59 Å². The van der Waals surface area contributed by atoms with Crippen LogP contribution in [0.4, 0.5) is 16.2 Å². The predicted molar refractivity (Wildman–Crippen MR) is 109 cm³/mol. The van der Waals surface area contributed by atoms with Crippen molar-refractivity contribution < 1.29 is 9.59 Å². The predicted octanol–water partition coefficient (Wildman–Crippen LogP) is 3.35. The molecule has 7 nitrogen and oxygen atoms in total. The number of hydrogen-bond acceptors (Lipinski definition) is 4. The maximum absolute atomic E-state index is 12.7. The van der Waals surface area contributed by atoms with Crippen molar-refractivity contribution >= 4 is 46.5 Å². The summed E-state index contributed by atoms with van der Waals surface area (Å²) in [4.78, 5) is 33.0. The van der Waals surface area contributed by atoms with E-state index in [2.05, 4.69) is 20.5 Å². The third-order valence-electron chi connectivity index (χ3n) is 5.30. The molecule has 3 heterocycles. The fraction of sp³-hybridized carbons (Fsp3) is 0.316. The van der Waals surface area contributed by atoms with Crippen molar-refractivity contribution in [2.24, 2.45) is 0 Å². The standard InChI is InChI=1S/C19H19Cl2N5O2/c20-15-10-13(11-16(21)24-15)23-18(28)25-8-6-19(7-9-25)17(27)22-12-26(19)14-4-2-1-3-5-14/h1-5,10-11H,6-9,12H2,(H,22,27)(H,23,24,28). The van der Waals surface area contributed by atoms with E-state index in [0.717, 1.165) is 5.69 Å². The fourth-order valence-electron chi connectivity index (χ4n) is 3.85. The summed E-state index contributed by atoms with van der Waals surface area (Å²) in [5, 5.41) is 6.17. The van der Waals surface area contributed by atoms with Crippen molar-refractivity contribution in [2.45, 2.75) is 18.4 Å². The summed E-state index contributed by atoms with van der Waals surface area (Å²) in [7, 11) is 0. The van der Waals surface area contributed by atoms with Crippen molar-refractivity contribution in [2.75, 3.05) is 30.0 Å². The highest BCUT2D eigenvalue weighted by Crippen LogP contribution is 2.36. The lowest BCUT2D eigenvalue weighted by Gasteiger charge is -2.43. The molecular formula is C19H19Cl2N5O2. The minimum absolute atomic E-state index is 0.0177. The molecule has 3 amide bonds. The molecule has 0 radical (unpaired) electrons. The summed E-state index contributed by atoms with van der Waals surface area (Å²) in [5.74, 6) is 0.0177. The van der Waals surface area contributed by atoms with E-state index in [1.54, 1.807) is 17.0 Å². The fourth-order valence-corrected chi connectivity index (χ4v) is 4.31. The average molecular weight is 420 g/mol. The Morgan fingerprint density at radius 3 is 2.39 bits per heavy atom. The third-order valence-corrected chi connectivity index (χ3v) is 5.68. The zero-order valence-electron chi connectivity index (χ0n) is 15.0. The Morgan fingerprint density at radius 2 is 1.75 bits per heavy atom. The molecule has 2 aliphatic rings. The van der Waals surface area contributed by atoms with Gasteiger partial charge in [-0.25, -0.2) is 9.78 Å². The second kappa shape index (κ2) is 7.48. The second-order valence-electron chi connectivity index (χ2n) is 6.88. The molecule has 1 spiro atoms. The molecule has 0 bridgehead atoms. The first-order valence-electron chi connectivity index (χ1n) is 8.98. The number of urea groups is 1. The van der Waals surface area contributed by atoms with Crippen LogP contribution in [0.15, 0.2) is 42.5 Å². The normalized spacial score (nSPS) is 18.3. The molecule has 0 atom stereocenters. The van der Waals surface area contributed by atoms with Crippen LogP contribution in [0.5, 0.6) is 0 Å². The Kier molecular flexibility index (Phi) is 5.03. The van der Waals surface area contributed by atoms with Gasteiger partial charge in [-0.05, 0) is 37.1 Å². The lowest BCUT2D eigenvalue weighted by Crippen LogP contribution is -2.57. The number of aromatic nitrogens is 1. The summed E-state index contributed by atoms with van der Waals surface area (Å²) in [6.45, 7) is 1.41. The molecule has 9 heteroatoms. The molecule has 0 aliphatic carbocycles. The molecule has 0 unspecified atom stereocenters. The molecule has 2 fully saturated rings. The number of carbonyl (C=O) groups is 2. The smallest absolute Gasteiger partial charge is 0.321 e. The number of nitrogens with zero attached hydrogens (tertiary/aromatic N) is 3. The number of carbonyl (C=O) groups excluding carboxylic acids is 2. The van der Waals surface area contributed by atoms with E-state index >= 15 is 0 Å². The monoisotopic (exact) mass is 419 g/mol. The van der Waals surface area contributed by atoms with Crippen LogP contribution in [0.3, 0.4) is 0 Å². The van der Waals surface area contributed by atoms with Crippen LogP contribution < -0.4 is 15.5 Å². The number of likely N-dealkylation sites (tertiary alicyclic amines) is 1. The average Bonchev–Trinajstić information content (AvgIpc) is 2.98. The largest absolute Gasteiger partial charge is 0.339 e. The molecule has 28 heavy (non-hydrogen) atoms.